The van der Waals surface area contributed by atoms with Gasteiger partial charge in [0.15, 0.2) is 0 Å². The first kappa shape index (κ1) is 16.7. The first-order valence-corrected chi connectivity index (χ1v) is 8.88. The number of hydrogen-bond donors (Lipinski definition) is 2. The van der Waals surface area contributed by atoms with E-state index in [0.29, 0.717) is 6.04 Å². The Morgan fingerprint density at radius 3 is 2.75 bits per heavy atom. The van der Waals surface area contributed by atoms with E-state index in [1.807, 2.05) is 12.1 Å². The summed E-state index contributed by atoms with van der Waals surface area (Å²) in [5.41, 5.74) is 5.08. The fourth-order valence-corrected chi connectivity index (χ4v) is 3.53. The third-order valence-corrected chi connectivity index (χ3v) is 4.71. The maximum atomic E-state index is 11.3. The Morgan fingerprint density at radius 1 is 1.12 bits per heavy atom. The Kier molecular flexibility index (Phi) is 5.65. The van der Waals surface area contributed by atoms with E-state index >= 15 is 0 Å². The summed E-state index contributed by atoms with van der Waals surface area (Å²) in [6.45, 7) is 2.62. The van der Waals surface area contributed by atoms with Crippen LogP contribution in [0, 0.1) is 0 Å². The van der Waals surface area contributed by atoms with Gasteiger partial charge in [-0.3, -0.25) is 4.79 Å². The summed E-state index contributed by atoms with van der Waals surface area (Å²) in [5, 5.41) is 6.66. The van der Waals surface area contributed by atoms with Crippen molar-refractivity contribution < 1.29 is 4.79 Å². The molecular weight excluding hydrogens is 296 g/mol. The van der Waals surface area contributed by atoms with E-state index in [2.05, 4.69) is 47.0 Å². The fourth-order valence-electron chi connectivity index (χ4n) is 3.53. The highest BCUT2D eigenvalue weighted by molar-refractivity contribution is 5.89. The number of fused-ring (bicyclic) bond motifs is 1. The van der Waals surface area contributed by atoms with Crippen LogP contribution in [0.3, 0.4) is 0 Å². The number of anilines is 1. The SMILES string of the molecule is CC(=O)Nc1cccc2c1CCC(NCCCc1ccccc1)C2. The van der Waals surface area contributed by atoms with Crippen molar-refractivity contribution in [1.82, 2.24) is 5.32 Å². The van der Waals surface area contributed by atoms with Gasteiger partial charge in [0.05, 0.1) is 0 Å². The van der Waals surface area contributed by atoms with Gasteiger partial charge in [-0.15, -0.1) is 0 Å². The Hall–Kier alpha value is -2.13. The van der Waals surface area contributed by atoms with Gasteiger partial charge >= 0.3 is 0 Å². The molecule has 3 heteroatoms. The summed E-state index contributed by atoms with van der Waals surface area (Å²) < 4.78 is 0. The summed E-state index contributed by atoms with van der Waals surface area (Å²) in [6, 6.07) is 17.5. The molecule has 0 aromatic heterocycles. The largest absolute Gasteiger partial charge is 0.326 e. The lowest BCUT2D eigenvalue weighted by Crippen LogP contribution is -2.35. The minimum atomic E-state index is 0.00422. The Labute approximate surface area is 144 Å². The third kappa shape index (κ3) is 4.45. The second-order valence-electron chi connectivity index (χ2n) is 6.61. The standard InChI is InChI=1S/C21H26N2O/c1-16(24)23-21-11-5-10-18-15-19(12-13-20(18)21)22-14-6-9-17-7-3-2-4-8-17/h2-5,7-8,10-11,19,22H,6,9,12-15H2,1H3,(H,23,24). The lowest BCUT2D eigenvalue weighted by atomic mass is 9.87. The number of hydrogen-bond acceptors (Lipinski definition) is 2. The van der Waals surface area contributed by atoms with Crippen LogP contribution >= 0.6 is 0 Å². The number of carbonyl (C=O) groups is 1. The van der Waals surface area contributed by atoms with Crippen molar-refractivity contribution in [2.24, 2.45) is 0 Å². The van der Waals surface area contributed by atoms with Crippen molar-refractivity contribution in [3.8, 4) is 0 Å². The Balaban J connectivity index is 1.49. The number of benzene rings is 2. The lowest BCUT2D eigenvalue weighted by Gasteiger charge is -2.27. The van der Waals surface area contributed by atoms with Crippen molar-refractivity contribution in [3.05, 3.63) is 65.2 Å². The molecule has 0 heterocycles. The van der Waals surface area contributed by atoms with Crippen molar-refractivity contribution in [2.75, 3.05) is 11.9 Å². The van der Waals surface area contributed by atoms with E-state index in [1.54, 1.807) is 6.92 Å². The van der Waals surface area contributed by atoms with Crippen molar-refractivity contribution in [3.63, 3.8) is 0 Å². The summed E-state index contributed by atoms with van der Waals surface area (Å²) in [4.78, 5) is 11.3. The predicted molar refractivity (Wildman–Crippen MR) is 99.3 cm³/mol. The molecule has 24 heavy (non-hydrogen) atoms. The van der Waals surface area contributed by atoms with Crippen molar-refractivity contribution in [2.45, 2.75) is 45.1 Å². The summed E-state index contributed by atoms with van der Waals surface area (Å²) in [5.74, 6) is 0.00422. The Bertz CT molecular complexity index is 681. The number of carbonyl (C=O) groups excluding carboxylic acids is 1. The quantitative estimate of drug-likeness (QED) is 0.796. The molecular formula is C21H26N2O. The molecule has 2 N–H and O–H groups in total. The second-order valence-corrected chi connectivity index (χ2v) is 6.61. The first-order valence-electron chi connectivity index (χ1n) is 8.88. The average molecular weight is 322 g/mol. The van der Waals surface area contributed by atoms with Gasteiger partial charge in [0.1, 0.15) is 0 Å². The first-order chi connectivity index (χ1) is 11.7. The topological polar surface area (TPSA) is 41.1 Å². The maximum Gasteiger partial charge on any atom is 0.221 e. The van der Waals surface area contributed by atoms with Gasteiger partial charge in [0, 0.05) is 18.7 Å². The van der Waals surface area contributed by atoms with E-state index in [-0.39, 0.29) is 5.91 Å². The molecule has 1 aliphatic rings. The van der Waals surface area contributed by atoms with Gasteiger partial charge < -0.3 is 10.6 Å². The Morgan fingerprint density at radius 2 is 1.96 bits per heavy atom. The number of nitrogens with one attached hydrogen (secondary N) is 2. The zero-order chi connectivity index (χ0) is 16.8. The maximum absolute atomic E-state index is 11.3. The van der Waals surface area contributed by atoms with Gasteiger partial charge in [0.2, 0.25) is 5.91 Å². The molecule has 2 aromatic carbocycles. The molecule has 3 rings (SSSR count). The fraction of sp³-hybridized carbons (Fsp3) is 0.381. The van der Waals surface area contributed by atoms with E-state index < -0.39 is 0 Å². The normalized spacial score (nSPS) is 16.5. The van der Waals surface area contributed by atoms with Gasteiger partial charge in [-0.25, -0.2) is 0 Å². The van der Waals surface area contributed by atoms with E-state index in [0.717, 1.165) is 37.9 Å². The van der Waals surface area contributed by atoms with Crippen LogP contribution in [-0.2, 0) is 24.1 Å². The minimum Gasteiger partial charge on any atom is -0.326 e. The zero-order valence-electron chi connectivity index (χ0n) is 14.3. The zero-order valence-corrected chi connectivity index (χ0v) is 14.3. The van der Waals surface area contributed by atoms with Crippen LogP contribution in [0.25, 0.3) is 0 Å². The monoisotopic (exact) mass is 322 g/mol. The highest BCUT2D eigenvalue weighted by atomic mass is 16.1. The van der Waals surface area contributed by atoms with E-state index in [4.69, 9.17) is 0 Å². The van der Waals surface area contributed by atoms with Crippen molar-refractivity contribution >= 4 is 11.6 Å². The molecule has 2 aromatic rings. The molecule has 3 nitrogen and oxygen atoms in total. The highest BCUT2D eigenvalue weighted by Gasteiger charge is 2.20. The molecule has 0 fully saturated rings. The van der Waals surface area contributed by atoms with Crippen molar-refractivity contribution in [1.29, 1.82) is 0 Å². The van der Waals surface area contributed by atoms with Crippen LogP contribution in [0.15, 0.2) is 48.5 Å². The molecule has 0 aliphatic heterocycles. The average Bonchev–Trinajstić information content (AvgIpc) is 2.59. The van der Waals surface area contributed by atoms with Crippen LogP contribution in [0.4, 0.5) is 5.69 Å². The van der Waals surface area contributed by atoms with E-state index in [9.17, 15) is 4.79 Å². The van der Waals surface area contributed by atoms with E-state index in [1.165, 1.54) is 23.1 Å². The minimum absolute atomic E-state index is 0.00422. The smallest absolute Gasteiger partial charge is 0.221 e. The molecule has 1 unspecified atom stereocenters. The summed E-state index contributed by atoms with van der Waals surface area (Å²) in [7, 11) is 0. The molecule has 1 atom stereocenters. The van der Waals surface area contributed by atoms with Crippen LogP contribution in [0.1, 0.15) is 36.5 Å². The summed E-state index contributed by atoms with van der Waals surface area (Å²) >= 11 is 0. The second kappa shape index (κ2) is 8.11. The van der Waals surface area contributed by atoms with Crippen LogP contribution in [-0.4, -0.2) is 18.5 Å². The molecule has 0 spiro atoms. The predicted octanol–water partition coefficient (Wildman–Crippen LogP) is 3.72. The van der Waals surface area contributed by atoms with Gasteiger partial charge in [-0.1, -0.05) is 42.5 Å². The third-order valence-electron chi connectivity index (χ3n) is 4.71. The number of aryl methyl sites for hydroxylation is 1. The molecule has 126 valence electrons. The molecule has 0 saturated carbocycles. The number of rotatable bonds is 6. The van der Waals surface area contributed by atoms with Crippen LogP contribution < -0.4 is 10.6 Å². The molecule has 1 aliphatic carbocycles. The number of amides is 1. The van der Waals surface area contributed by atoms with Crippen LogP contribution in [0.2, 0.25) is 0 Å². The molecule has 0 radical (unpaired) electrons. The molecule has 0 saturated heterocycles. The molecule has 1 amide bonds. The lowest BCUT2D eigenvalue weighted by molar-refractivity contribution is -0.114. The highest BCUT2D eigenvalue weighted by Crippen LogP contribution is 2.28. The van der Waals surface area contributed by atoms with Gasteiger partial charge in [-0.2, -0.15) is 0 Å². The van der Waals surface area contributed by atoms with Gasteiger partial charge in [0.25, 0.3) is 0 Å². The van der Waals surface area contributed by atoms with Crippen LogP contribution in [0.5, 0.6) is 0 Å². The summed E-state index contributed by atoms with van der Waals surface area (Å²) in [6.07, 6.45) is 5.51. The molecule has 0 bridgehead atoms. The van der Waals surface area contributed by atoms with Gasteiger partial charge in [-0.05, 0) is 61.4 Å².